The number of amides is 2. The van der Waals surface area contributed by atoms with Gasteiger partial charge in [0, 0.05) is 18.3 Å². The molecule has 1 aromatic rings. The number of rotatable bonds is 4. The van der Waals surface area contributed by atoms with Crippen LogP contribution in [-0.4, -0.2) is 19.7 Å². The first kappa shape index (κ1) is 12.6. The van der Waals surface area contributed by atoms with Crippen molar-refractivity contribution in [2.24, 2.45) is 0 Å². The molecule has 1 aromatic carbocycles. The summed E-state index contributed by atoms with van der Waals surface area (Å²) in [5.74, 6) is 0.537. The third-order valence-electron chi connectivity index (χ3n) is 1.94. The summed E-state index contributed by atoms with van der Waals surface area (Å²) in [5, 5.41) is 5.91. The lowest BCUT2D eigenvalue weighted by molar-refractivity contribution is 0.252. The van der Waals surface area contributed by atoms with Crippen molar-refractivity contribution < 1.29 is 9.53 Å². The number of nitrogens with one attached hydrogen (secondary N) is 2. The van der Waals surface area contributed by atoms with Crippen LogP contribution in [0.15, 0.2) is 18.2 Å². The molecule has 0 bridgehead atoms. The topological polar surface area (TPSA) is 50.4 Å². The first-order valence-electron chi connectivity index (χ1n) is 5.05. The number of anilines is 1. The predicted octanol–water partition coefficient (Wildman–Crippen LogP) is 2.88. The van der Waals surface area contributed by atoms with Crippen LogP contribution in [0.1, 0.15) is 13.3 Å². The summed E-state index contributed by atoms with van der Waals surface area (Å²) in [4.78, 5) is 11.4. The average Bonchev–Trinajstić information content (AvgIpc) is 2.29. The molecular weight excluding hydrogens is 228 g/mol. The lowest BCUT2D eigenvalue weighted by Crippen LogP contribution is -2.29. The van der Waals surface area contributed by atoms with Gasteiger partial charge in [-0.05, 0) is 18.6 Å². The number of benzene rings is 1. The second-order valence-electron chi connectivity index (χ2n) is 3.23. The molecular formula is C11H15ClN2O2. The number of carbonyl (C=O) groups excluding carboxylic acids is 1. The van der Waals surface area contributed by atoms with Crippen molar-refractivity contribution in [2.75, 3.05) is 19.0 Å². The Morgan fingerprint density at radius 1 is 1.50 bits per heavy atom. The molecule has 16 heavy (non-hydrogen) atoms. The summed E-state index contributed by atoms with van der Waals surface area (Å²) in [6, 6.07) is 4.84. The molecule has 88 valence electrons. The Kier molecular flexibility index (Phi) is 4.92. The molecule has 2 N–H and O–H groups in total. The molecule has 0 heterocycles. The molecule has 5 heteroatoms. The highest BCUT2D eigenvalue weighted by molar-refractivity contribution is 6.32. The molecule has 2 amide bonds. The van der Waals surface area contributed by atoms with Gasteiger partial charge in [0.2, 0.25) is 0 Å². The fraction of sp³-hybridized carbons (Fsp3) is 0.364. The zero-order valence-corrected chi connectivity index (χ0v) is 10.1. The molecule has 0 saturated carbocycles. The van der Waals surface area contributed by atoms with Gasteiger partial charge in [-0.3, -0.25) is 0 Å². The highest BCUT2D eigenvalue weighted by Crippen LogP contribution is 2.27. The van der Waals surface area contributed by atoms with Crippen LogP contribution in [-0.2, 0) is 0 Å². The molecule has 0 radical (unpaired) electrons. The van der Waals surface area contributed by atoms with Crippen molar-refractivity contribution in [2.45, 2.75) is 13.3 Å². The Morgan fingerprint density at radius 3 is 2.88 bits per heavy atom. The minimum Gasteiger partial charge on any atom is -0.495 e. The van der Waals surface area contributed by atoms with E-state index < -0.39 is 0 Å². The fourth-order valence-corrected chi connectivity index (χ4v) is 1.35. The highest BCUT2D eigenvalue weighted by Gasteiger charge is 2.04. The Morgan fingerprint density at radius 2 is 2.25 bits per heavy atom. The van der Waals surface area contributed by atoms with Gasteiger partial charge in [0.25, 0.3) is 0 Å². The SMILES string of the molecule is CCCNC(=O)Nc1ccc(Cl)c(OC)c1. The van der Waals surface area contributed by atoms with Crippen molar-refractivity contribution in [3.63, 3.8) is 0 Å². The molecule has 0 spiro atoms. The van der Waals surface area contributed by atoms with E-state index in [1.807, 2.05) is 6.92 Å². The summed E-state index contributed by atoms with van der Waals surface area (Å²) in [5.41, 5.74) is 0.648. The average molecular weight is 243 g/mol. The van der Waals surface area contributed by atoms with E-state index >= 15 is 0 Å². The van der Waals surface area contributed by atoms with Crippen molar-refractivity contribution in [1.82, 2.24) is 5.32 Å². The summed E-state index contributed by atoms with van der Waals surface area (Å²) in [7, 11) is 1.53. The second kappa shape index (κ2) is 6.23. The fourth-order valence-electron chi connectivity index (χ4n) is 1.15. The number of hydrogen-bond acceptors (Lipinski definition) is 2. The largest absolute Gasteiger partial charge is 0.495 e. The maximum absolute atomic E-state index is 11.4. The maximum atomic E-state index is 11.4. The number of urea groups is 1. The number of methoxy groups -OCH3 is 1. The lowest BCUT2D eigenvalue weighted by Gasteiger charge is -2.09. The van der Waals surface area contributed by atoms with Crippen LogP contribution in [0.25, 0.3) is 0 Å². The quantitative estimate of drug-likeness (QED) is 0.853. The summed E-state index contributed by atoms with van der Waals surface area (Å²) >= 11 is 5.86. The molecule has 0 aliphatic rings. The smallest absolute Gasteiger partial charge is 0.319 e. The van der Waals surface area contributed by atoms with Gasteiger partial charge in [-0.15, -0.1) is 0 Å². The van der Waals surface area contributed by atoms with Crippen LogP contribution in [0.3, 0.4) is 0 Å². The summed E-state index contributed by atoms with van der Waals surface area (Å²) in [6.45, 7) is 2.64. The van der Waals surface area contributed by atoms with Crippen molar-refractivity contribution >= 4 is 23.3 Å². The lowest BCUT2D eigenvalue weighted by atomic mass is 10.3. The van der Waals surface area contributed by atoms with Crippen LogP contribution < -0.4 is 15.4 Å². The normalized spacial score (nSPS) is 9.69. The van der Waals surface area contributed by atoms with Crippen LogP contribution in [0, 0.1) is 0 Å². The van der Waals surface area contributed by atoms with Crippen molar-refractivity contribution in [1.29, 1.82) is 0 Å². The van der Waals surface area contributed by atoms with Crippen LogP contribution >= 0.6 is 11.6 Å². The number of carbonyl (C=O) groups is 1. The van der Waals surface area contributed by atoms with Gasteiger partial charge in [-0.25, -0.2) is 4.79 Å². The van der Waals surface area contributed by atoms with E-state index in [1.165, 1.54) is 7.11 Å². The van der Waals surface area contributed by atoms with E-state index in [9.17, 15) is 4.79 Å². The Balaban J connectivity index is 2.63. The molecule has 0 unspecified atom stereocenters. The van der Waals surface area contributed by atoms with Gasteiger partial charge in [-0.2, -0.15) is 0 Å². The Labute approximate surface area is 99.9 Å². The Hall–Kier alpha value is -1.42. The molecule has 4 nitrogen and oxygen atoms in total. The minimum atomic E-state index is -0.230. The first-order valence-corrected chi connectivity index (χ1v) is 5.43. The highest BCUT2D eigenvalue weighted by atomic mass is 35.5. The Bertz CT molecular complexity index is 369. The molecule has 0 fully saturated rings. The number of ether oxygens (including phenoxy) is 1. The van der Waals surface area contributed by atoms with Crippen LogP contribution in [0.2, 0.25) is 5.02 Å². The van der Waals surface area contributed by atoms with Gasteiger partial charge < -0.3 is 15.4 Å². The van der Waals surface area contributed by atoms with Gasteiger partial charge in [-0.1, -0.05) is 18.5 Å². The van der Waals surface area contributed by atoms with E-state index in [2.05, 4.69) is 10.6 Å². The van der Waals surface area contributed by atoms with E-state index in [0.717, 1.165) is 6.42 Å². The predicted molar refractivity (Wildman–Crippen MR) is 65.3 cm³/mol. The zero-order valence-electron chi connectivity index (χ0n) is 9.34. The maximum Gasteiger partial charge on any atom is 0.319 e. The van der Waals surface area contributed by atoms with E-state index in [4.69, 9.17) is 16.3 Å². The number of halogens is 1. The van der Waals surface area contributed by atoms with E-state index in [-0.39, 0.29) is 6.03 Å². The molecule has 0 aliphatic carbocycles. The van der Waals surface area contributed by atoms with E-state index in [1.54, 1.807) is 18.2 Å². The van der Waals surface area contributed by atoms with Gasteiger partial charge >= 0.3 is 6.03 Å². The summed E-state index contributed by atoms with van der Waals surface area (Å²) < 4.78 is 5.04. The second-order valence-corrected chi connectivity index (χ2v) is 3.64. The van der Waals surface area contributed by atoms with Crippen LogP contribution in [0.4, 0.5) is 10.5 Å². The first-order chi connectivity index (χ1) is 7.67. The molecule has 0 saturated heterocycles. The van der Waals surface area contributed by atoms with Gasteiger partial charge in [0.15, 0.2) is 0 Å². The van der Waals surface area contributed by atoms with Crippen molar-refractivity contribution in [3.05, 3.63) is 23.2 Å². The third-order valence-corrected chi connectivity index (χ3v) is 2.26. The van der Waals surface area contributed by atoms with E-state index in [0.29, 0.717) is 23.0 Å². The standard InChI is InChI=1S/C11H15ClN2O2/c1-3-6-13-11(15)14-8-4-5-9(12)10(7-8)16-2/h4-5,7H,3,6H2,1-2H3,(H2,13,14,15). The minimum absolute atomic E-state index is 0.230. The third kappa shape index (κ3) is 3.62. The monoisotopic (exact) mass is 242 g/mol. The van der Waals surface area contributed by atoms with Gasteiger partial charge in [0.05, 0.1) is 12.1 Å². The van der Waals surface area contributed by atoms with Crippen LogP contribution in [0.5, 0.6) is 5.75 Å². The number of hydrogen-bond donors (Lipinski definition) is 2. The molecule has 0 atom stereocenters. The molecule has 1 rings (SSSR count). The summed E-state index contributed by atoms with van der Waals surface area (Å²) in [6.07, 6.45) is 0.900. The zero-order chi connectivity index (χ0) is 12.0. The van der Waals surface area contributed by atoms with Gasteiger partial charge in [0.1, 0.15) is 5.75 Å². The molecule has 0 aromatic heterocycles. The van der Waals surface area contributed by atoms with Crippen molar-refractivity contribution in [3.8, 4) is 5.75 Å². The molecule has 0 aliphatic heterocycles.